The molecule has 0 aliphatic carbocycles. The Bertz CT molecular complexity index is 474. The lowest BCUT2D eigenvalue weighted by Crippen LogP contribution is -2.15. The Labute approximate surface area is 103 Å². The molecule has 0 atom stereocenters. The van der Waals surface area contributed by atoms with E-state index in [0.29, 0.717) is 24.9 Å². The van der Waals surface area contributed by atoms with E-state index in [1.54, 1.807) is 23.0 Å². The van der Waals surface area contributed by atoms with E-state index in [0.717, 1.165) is 0 Å². The van der Waals surface area contributed by atoms with Gasteiger partial charge in [0.15, 0.2) is 15.6 Å². The lowest BCUT2D eigenvalue weighted by atomic mass is 10.2. The second-order valence-corrected chi connectivity index (χ2v) is 6.37. The summed E-state index contributed by atoms with van der Waals surface area (Å²) in [6.45, 7) is 4.08. The van der Waals surface area contributed by atoms with Crippen molar-refractivity contribution in [2.24, 2.45) is 0 Å². The molecule has 0 amide bonds. The Hall–Kier alpha value is -1.10. The van der Waals surface area contributed by atoms with Crippen LogP contribution >= 0.6 is 0 Å². The third kappa shape index (κ3) is 4.34. The fourth-order valence-electron chi connectivity index (χ4n) is 1.61. The first kappa shape index (κ1) is 14.0. The molecule has 0 saturated carbocycles. The van der Waals surface area contributed by atoms with Gasteiger partial charge >= 0.3 is 0 Å². The lowest BCUT2D eigenvalue weighted by Gasteiger charge is -2.03. The van der Waals surface area contributed by atoms with Gasteiger partial charge in [0, 0.05) is 36.7 Å². The quantitative estimate of drug-likeness (QED) is 0.701. The molecule has 0 spiro atoms. The van der Waals surface area contributed by atoms with Gasteiger partial charge in [-0.05, 0) is 12.5 Å². The molecular formula is C12H19NO3S. The second kappa shape index (κ2) is 6.00. The number of Topliss-reactive ketones (excluding diaryl/α,β-unsaturated/α-hetero) is 1. The van der Waals surface area contributed by atoms with Crippen molar-refractivity contribution in [2.75, 3.05) is 11.5 Å². The molecule has 0 bridgehead atoms. The van der Waals surface area contributed by atoms with Crippen molar-refractivity contribution in [3.63, 3.8) is 0 Å². The molecule has 1 aromatic heterocycles. The van der Waals surface area contributed by atoms with E-state index in [9.17, 15) is 13.2 Å². The molecule has 17 heavy (non-hydrogen) atoms. The summed E-state index contributed by atoms with van der Waals surface area (Å²) in [5.41, 5.74) is 0.653. The van der Waals surface area contributed by atoms with Crippen molar-refractivity contribution < 1.29 is 13.2 Å². The minimum atomic E-state index is -2.95. The number of hydrogen-bond donors (Lipinski definition) is 0. The standard InChI is InChI=1S/C12H19NO3S/c1-3-8-17(15,16)9-7-13-6-5-11(10-13)12(14)4-2/h5-6,10H,3-4,7-9H2,1-2H3. The Morgan fingerprint density at radius 2 is 2.00 bits per heavy atom. The van der Waals surface area contributed by atoms with Gasteiger partial charge in [-0.1, -0.05) is 13.8 Å². The van der Waals surface area contributed by atoms with Crippen LogP contribution in [0.1, 0.15) is 37.0 Å². The summed E-state index contributed by atoms with van der Waals surface area (Å²) in [7, 11) is -2.95. The molecule has 0 saturated heterocycles. The van der Waals surface area contributed by atoms with Crippen LogP contribution in [0.2, 0.25) is 0 Å². The Morgan fingerprint density at radius 1 is 1.29 bits per heavy atom. The zero-order chi connectivity index (χ0) is 12.9. The first-order chi connectivity index (χ1) is 7.98. The number of rotatable bonds is 7. The predicted octanol–water partition coefficient (Wildman–Crippen LogP) is 1.91. The van der Waals surface area contributed by atoms with Crippen molar-refractivity contribution >= 4 is 15.6 Å². The normalized spacial score (nSPS) is 11.6. The Morgan fingerprint density at radius 3 is 2.59 bits per heavy atom. The molecule has 1 rings (SSSR count). The smallest absolute Gasteiger partial charge is 0.164 e. The monoisotopic (exact) mass is 257 g/mol. The number of aromatic nitrogens is 1. The van der Waals surface area contributed by atoms with Gasteiger partial charge in [-0.3, -0.25) is 4.79 Å². The van der Waals surface area contributed by atoms with Crippen molar-refractivity contribution in [3.8, 4) is 0 Å². The zero-order valence-corrected chi connectivity index (χ0v) is 11.2. The molecule has 4 nitrogen and oxygen atoms in total. The summed E-state index contributed by atoms with van der Waals surface area (Å²) in [4.78, 5) is 11.4. The highest BCUT2D eigenvalue weighted by atomic mass is 32.2. The average Bonchev–Trinajstić information content (AvgIpc) is 2.74. The summed E-state index contributed by atoms with van der Waals surface area (Å²) < 4.78 is 24.8. The maximum atomic E-state index is 11.5. The van der Waals surface area contributed by atoms with Crippen LogP contribution < -0.4 is 0 Å². The Balaban J connectivity index is 2.59. The molecule has 0 aliphatic rings. The Kier molecular flexibility index (Phi) is 4.93. The first-order valence-electron chi connectivity index (χ1n) is 5.88. The number of ketones is 1. The van der Waals surface area contributed by atoms with E-state index in [1.807, 2.05) is 13.8 Å². The molecule has 1 aromatic rings. The number of carbonyl (C=O) groups excluding carboxylic acids is 1. The van der Waals surface area contributed by atoms with Gasteiger partial charge in [-0.2, -0.15) is 0 Å². The van der Waals surface area contributed by atoms with E-state index in [4.69, 9.17) is 0 Å². The van der Waals surface area contributed by atoms with E-state index >= 15 is 0 Å². The molecule has 0 aromatic carbocycles. The molecule has 0 aliphatic heterocycles. The van der Waals surface area contributed by atoms with Crippen LogP contribution in [0.3, 0.4) is 0 Å². The minimum Gasteiger partial charge on any atom is -0.352 e. The summed E-state index contributed by atoms with van der Waals surface area (Å²) in [5.74, 6) is 0.449. The van der Waals surface area contributed by atoms with Crippen LogP contribution in [-0.4, -0.2) is 30.3 Å². The third-order valence-corrected chi connectivity index (χ3v) is 4.40. The second-order valence-electron chi connectivity index (χ2n) is 4.07. The van der Waals surface area contributed by atoms with Crippen LogP contribution in [0, 0.1) is 0 Å². The fourth-order valence-corrected chi connectivity index (χ4v) is 2.92. The molecule has 96 valence electrons. The highest BCUT2D eigenvalue weighted by molar-refractivity contribution is 7.91. The van der Waals surface area contributed by atoms with Crippen LogP contribution in [0.15, 0.2) is 18.5 Å². The van der Waals surface area contributed by atoms with E-state index in [-0.39, 0.29) is 17.3 Å². The van der Waals surface area contributed by atoms with Crippen molar-refractivity contribution in [2.45, 2.75) is 33.2 Å². The molecule has 0 unspecified atom stereocenters. The van der Waals surface area contributed by atoms with Crippen LogP contribution in [0.25, 0.3) is 0 Å². The van der Waals surface area contributed by atoms with Crippen molar-refractivity contribution in [1.82, 2.24) is 4.57 Å². The van der Waals surface area contributed by atoms with Gasteiger partial charge < -0.3 is 4.57 Å². The molecule has 5 heteroatoms. The van der Waals surface area contributed by atoms with E-state index in [1.165, 1.54) is 0 Å². The molecule has 0 N–H and O–H groups in total. The first-order valence-corrected chi connectivity index (χ1v) is 7.70. The van der Waals surface area contributed by atoms with Gasteiger partial charge in [0.2, 0.25) is 0 Å². The summed E-state index contributed by atoms with van der Waals surface area (Å²) in [6, 6.07) is 1.73. The highest BCUT2D eigenvalue weighted by Gasteiger charge is 2.10. The van der Waals surface area contributed by atoms with Crippen molar-refractivity contribution in [3.05, 3.63) is 24.0 Å². The number of carbonyl (C=O) groups is 1. The van der Waals surface area contributed by atoms with Gasteiger partial charge in [-0.25, -0.2) is 8.42 Å². The SMILES string of the molecule is CCCS(=O)(=O)CCn1ccc(C(=O)CC)c1. The lowest BCUT2D eigenvalue weighted by molar-refractivity contribution is 0.0988. The largest absolute Gasteiger partial charge is 0.352 e. The third-order valence-electron chi connectivity index (χ3n) is 2.57. The maximum Gasteiger partial charge on any atom is 0.164 e. The van der Waals surface area contributed by atoms with Crippen LogP contribution in [-0.2, 0) is 16.4 Å². The average molecular weight is 257 g/mol. The zero-order valence-electron chi connectivity index (χ0n) is 10.3. The predicted molar refractivity (Wildman–Crippen MR) is 68.0 cm³/mol. The highest BCUT2D eigenvalue weighted by Crippen LogP contribution is 2.05. The van der Waals surface area contributed by atoms with Gasteiger partial charge in [0.05, 0.1) is 5.75 Å². The molecular weight excluding hydrogens is 238 g/mol. The number of sulfone groups is 1. The van der Waals surface area contributed by atoms with Gasteiger partial charge in [0.25, 0.3) is 0 Å². The van der Waals surface area contributed by atoms with E-state index < -0.39 is 9.84 Å². The summed E-state index contributed by atoms with van der Waals surface area (Å²) in [6.07, 6.45) is 4.59. The van der Waals surface area contributed by atoms with Gasteiger partial charge in [-0.15, -0.1) is 0 Å². The molecule has 0 fully saturated rings. The van der Waals surface area contributed by atoms with Crippen molar-refractivity contribution in [1.29, 1.82) is 0 Å². The number of hydrogen-bond acceptors (Lipinski definition) is 3. The maximum absolute atomic E-state index is 11.5. The van der Waals surface area contributed by atoms with Crippen LogP contribution in [0.5, 0.6) is 0 Å². The number of nitrogens with zero attached hydrogens (tertiary/aromatic N) is 1. The molecule has 0 radical (unpaired) electrons. The number of aryl methyl sites for hydroxylation is 1. The minimum absolute atomic E-state index is 0.0835. The van der Waals surface area contributed by atoms with Crippen LogP contribution in [0.4, 0.5) is 0 Å². The summed E-state index contributed by atoms with van der Waals surface area (Å²) >= 11 is 0. The molecule has 1 heterocycles. The topological polar surface area (TPSA) is 56.1 Å². The summed E-state index contributed by atoms with van der Waals surface area (Å²) in [5, 5.41) is 0. The van der Waals surface area contributed by atoms with E-state index in [2.05, 4.69) is 0 Å². The van der Waals surface area contributed by atoms with Gasteiger partial charge in [0.1, 0.15) is 0 Å². The fraction of sp³-hybridized carbons (Fsp3) is 0.583.